The first-order valence-electron chi connectivity index (χ1n) is 12.0. The summed E-state index contributed by atoms with van der Waals surface area (Å²) in [4.78, 5) is 30.3. The molecule has 6 nitrogen and oxygen atoms in total. The molecule has 0 atom stereocenters. The lowest BCUT2D eigenvalue weighted by molar-refractivity contribution is -0.148. The lowest BCUT2D eigenvalue weighted by atomic mass is 9.49. The van der Waals surface area contributed by atoms with Gasteiger partial charge in [-0.15, -0.1) is 0 Å². The summed E-state index contributed by atoms with van der Waals surface area (Å²) in [7, 11) is 1.67. The second kappa shape index (κ2) is 8.36. The van der Waals surface area contributed by atoms with Crippen molar-refractivity contribution >= 4 is 17.5 Å². The van der Waals surface area contributed by atoms with Gasteiger partial charge in [-0.2, -0.15) is 0 Å². The predicted molar refractivity (Wildman–Crippen MR) is 120 cm³/mol. The molecule has 5 aliphatic rings. The molecule has 5 fully saturated rings. The van der Waals surface area contributed by atoms with Crippen molar-refractivity contribution in [3.8, 4) is 5.75 Å². The minimum atomic E-state index is -0.182. The van der Waals surface area contributed by atoms with E-state index in [1.54, 1.807) is 7.11 Å². The molecule has 0 spiro atoms. The molecule has 6 heteroatoms. The molecule has 1 aromatic rings. The smallest absolute Gasteiger partial charge is 0.242 e. The van der Waals surface area contributed by atoms with Crippen molar-refractivity contribution in [2.24, 2.45) is 23.2 Å². The van der Waals surface area contributed by atoms with E-state index in [9.17, 15) is 9.59 Å². The molecule has 1 saturated heterocycles. The first-order chi connectivity index (χ1) is 15.0. The quantitative estimate of drug-likeness (QED) is 0.788. The minimum absolute atomic E-state index is 0.0506. The minimum Gasteiger partial charge on any atom is -0.497 e. The maximum atomic E-state index is 13.1. The fourth-order valence-electron chi connectivity index (χ4n) is 7.06. The third-order valence-corrected chi connectivity index (χ3v) is 8.21. The Kier molecular flexibility index (Phi) is 5.57. The van der Waals surface area contributed by atoms with Gasteiger partial charge in [0.15, 0.2) is 0 Å². The molecule has 1 N–H and O–H groups in total. The third-order valence-electron chi connectivity index (χ3n) is 8.21. The Balaban J connectivity index is 1.13. The molecule has 1 aromatic carbocycles. The normalized spacial score (nSPS) is 32.0. The number of amides is 2. The summed E-state index contributed by atoms with van der Waals surface area (Å²) < 4.78 is 5.25. The fraction of sp³-hybridized carbons (Fsp3) is 0.680. The van der Waals surface area contributed by atoms with Crippen LogP contribution in [-0.4, -0.2) is 56.5 Å². The maximum Gasteiger partial charge on any atom is 0.242 e. The van der Waals surface area contributed by atoms with Gasteiger partial charge in [0.1, 0.15) is 5.75 Å². The molecule has 0 aromatic heterocycles. The molecular weight excluding hydrogens is 390 g/mol. The molecule has 6 rings (SSSR count). The van der Waals surface area contributed by atoms with Crippen molar-refractivity contribution in [2.75, 3.05) is 44.7 Å². The molecule has 4 bridgehead atoms. The number of carbonyl (C=O) groups is 2. The molecule has 168 valence electrons. The summed E-state index contributed by atoms with van der Waals surface area (Å²) in [6.07, 6.45) is 8.02. The summed E-state index contributed by atoms with van der Waals surface area (Å²) in [5.41, 5.74) is 0.976. The van der Waals surface area contributed by atoms with Crippen molar-refractivity contribution in [1.82, 2.24) is 10.2 Å². The van der Waals surface area contributed by atoms with E-state index in [-0.39, 0.29) is 23.8 Å². The molecule has 1 aliphatic heterocycles. The van der Waals surface area contributed by atoms with E-state index in [2.05, 4.69) is 22.3 Å². The van der Waals surface area contributed by atoms with Crippen molar-refractivity contribution in [1.29, 1.82) is 0 Å². The van der Waals surface area contributed by atoms with Gasteiger partial charge in [0.25, 0.3) is 0 Å². The first-order valence-corrected chi connectivity index (χ1v) is 12.0. The van der Waals surface area contributed by atoms with Gasteiger partial charge in [-0.25, -0.2) is 0 Å². The zero-order chi connectivity index (χ0) is 21.4. The zero-order valence-electron chi connectivity index (χ0n) is 18.6. The molecule has 0 radical (unpaired) electrons. The highest BCUT2D eigenvalue weighted by Gasteiger charge is 2.54. The van der Waals surface area contributed by atoms with Crippen molar-refractivity contribution in [3.05, 3.63) is 24.3 Å². The number of carbonyl (C=O) groups excluding carboxylic acids is 2. The Morgan fingerprint density at radius 2 is 1.61 bits per heavy atom. The van der Waals surface area contributed by atoms with Crippen LogP contribution in [0.1, 0.15) is 44.9 Å². The summed E-state index contributed by atoms with van der Waals surface area (Å²) in [6, 6.07) is 8.09. The van der Waals surface area contributed by atoms with Gasteiger partial charge in [0.05, 0.1) is 13.7 Å². The molecule has 0 unspecified atom stereocenters. The van der Waals surface area contributed by atoms with Crippen LogP contribution in [0.3, 0.4) is 0 Å². The van der Waals surface area contributed by atoms with Gasteiger partial charge in [-0.05, 0) is 87.0 Å². The van der Waals surface area contributed by atoms with Gasteiger partial charge in [0, 0.05) is 37.3 Å². The standard InChI is InChI=1S/C25H35N3O3/c1-31-22-5-3-21(4-6-22)27-7-2-8-28(10-9-27)23(29)17-26-24(30)25-14-18-11-19(15-25)13-20(12-18)16-25/h3-6,18-20H,2,7-17H2,1H3,(H,26,30). The lowest BCUT2D eigenvalue weighted by Crippen LogP contribution is -2.54. The van der Waals surface area contributed by atoms with Crippen LogP contribution in [0.5, 0.6) is 5.75 Å². The number of benzene rings is 1. The van der Waals surface area contributed by atoms with Gasteiger partial charge in [0.2, 0.25) is 11.8 Å². The maximum absolute atomic E-state index is 13.1. The van der Waals surface area contributed by atoms with Crippen LogP contribution in [0.4, 0.5) is 5.69 Å². The molecule has 4 saturated carbocycles. The highest BCUT2D eigenvalue weighted by molar-refractivity contribution is 5.88. The van der Waals surface area contributed by atoms with Crippen LogP contribution in [0.2, 0.25) is 0 Å². The molecule has 1 heterocycles. The number of methoxy groups -OCH3 is 1. The van der Waals surface area contributed by atoms with Crippen LogP contribution < -0.4 is 15.0 Å². The molecular formula is C25H35N3O3. The summed E-state index contributed by atoms with van der Waals surface area (Å²) in [5, 5.41) is 3.06. The van der Waals surface area contributed by atoms with E-state index < -0.39 is 0 Å². The number of rotatable bonds is 5. The Hall–Kier alpha value is -2.24. The van der Waals surface area contributed by atoms with Gasteiger partial charge < -0.3 is 19.9 Å². The highest BCUT2D eigenvalue weighted by Crippen LogP contribution is 2.60. The SMILES string of the molecule is COc1ccc(N2CCCN(C(=O)CNC(=O)C34CC5CC(CC(C5)C3)C4)CC2)cc1. The largest absolute Gasteiger partial charge is 0.497 e. The molecule has 4 aliphatic carbocycles. The number of anilines is 1. The average molecular weight is 426 g/mol. The van der Waals surface area contributed by atoms with Gasteiger partial charge >= 0.3 is 0 Å². The Morgan fingerprint density at radius 3 is 2.23 bits per heavy atom. The number of hydrogen-bond acceptors (Lipinski definition) is 4. The van der Waals surface area contributed by atoms with E-state index in [0.29, 0.717) is 6.54 Å². The average Bonchev–Trinajstić information content (AvgIpc) is 3.03. The van der Waals surface area contributed by atoms with E-state index >= 15 is 0 Å². The number of ether oxygens (including phenoxy) is 1. The van der Waals surface area contributed by atoms with Crippen LogP contribution >= 0.6 is 0 Å². The summed E-state index contributed by atoms with van der Waals surface area (Å²) >= 11 is 0. The van der Waals surface area contributed by atoms with Crippen LogP contribution in [-0.2, 0) is 9.59 Å². The summed E-state index contributed by atoms with van der Waals surface area (Å²) in [6.45, 7) is 3.32. The monoisotopic (exact) mass is 425 g/mol. The fourth-order valence-corrected chi connectivity index (χ4v) is 7.06. The molecule has 31 heavy (non-hydrogen) atoms. The van der Waals surface area contributed by atoms with Gasteiger partial charge in [-0.3, -0.25) is 9.59 Å². The van der Waals surface area contributed by atoms with E-state index in [1.807, 2.05) is 17.0 Å². The van der Waals surface area contributed by atoms with Gasteiger partial charge in [-0.1, -0.05) is 0 Å². The zero-order valence-corrected chi connectivity index (χ0v) is 18.6. The lowest BCUT2D eigenvalue weighted by Gasteiger charge is -2.55. The first kappa shape index (κ1) is 20.7. The topological polar surface area (TPSA) is 61.9 Å². The van der Waals surface area contributed by atoms with E-state index in [4.69, 9.17) is 4.74 Å². The second-order valence-corrected chi connectivity index (χ2v) is 10.3. The Bertz CT molecular complexity index is 787. The number of nitrogens with one attached hydrogen (secondary N) is 1. The Labute approximate surface area is 185 Å². The van der Waals surface area contributed by atoms with Crippen LogP contribution in [0.15, 0.2) is 24.3 Å². The summed E-state index contributed by atoms with van der Waals surface area (Å²) in [5.74, 6) is 3.26. The van der Waals surface area contributed by atoms with E-state index in [0.717, 1.165) is 74.5 Å². The predicted octanol–water partition coefficient (Wildman–Crippen LogP) is 3.07. The highest BCUT2D eigenvalue weighted by atomic mass is 16.5. The third kappa shape index (κ3) is 4.13. The van der Waals surface area contributed by atoms with Crippen molar-refractivity contribution < 1.29 is 14.3 Å². The molecule has 2 amide bonds. The van der Waals surface area contributed by atoms with E-state index in [1.165, 1.54) is 19.3 Å². The Morgan fingerprint density at radius 1 is 0.968 bits per heavy atom. The van der Waals surface area contributed by atoms with Crippen molar-refractivity contribution in [2.45, 2.75) is 44.9 Å². The number of hydrogen-bond donors (Lipinski definition) is 1. The number of nitrogens with zero attached hydrogens (tertiary/aromatic N) is 2. The van der Waals surface area contributed by atoms with Crippen LogP contribution in [0.25, 0.3) is 0 Å². The second-order valence-electron chi connectivity index (χ2n) is 10.3. The van der Waals surface area contributed by atoms with Crippen molar-refractivity contribution in [3.63, 3.8) is 0 Å². The van der Waals surface area contributed by atoms with Crippen LogP contribution in [0, 0.1) is 23.2 Å².